The average molecular weight is 329 g/mol. The predicted octanol–water partition coefficient (Wildman–Crippen LogP) is 3.89. The van der Waals surface area contributed by atoms with E-state index in [2.05, 4.69) is 5.32 Å². The molecule has 0 radical (unpaired) electrons. The molecule has 1 aliphatic rings. The standard InChI is InChI=1S/C18H19NO3S/c1-13-5-2-3-6-17(13)23-12-18(20)19-14-7-8-15-16(11-14)22-10-4-9-21-15/h2-3,5-8,11H,4,9-10,12H2,1H3,(H,19,20). The average Bonchev–Trinajstić information content (AvgIpc) is 2.79. The van der Waals surface area contributed by atoms with E-state index < -0.39 is 0 Å². The number of rotatable bonds is 4. The number of hydrogen-bond acceptors (Lipinski definition) is 4. The second-order valence-corrected chi connectivity index (χ2v) is 6.33. The number of anilines is 1. The smallest absolute Gasteiger partial charge is 0.234 e. The van der Waals surface area contributed by atoms with E-state index in [4.69, 9.17) is 9.47 Å². The summed E-state index contributed by atoms with van der Waals surface area (Å²) in [6, 6.07) is 13.5. The lowest BCUT2D eigenvalue weighted by Gasteiger charge is -2.10. The van der Waals surface area contributed by atoms with Crippen LogP contribution < -0.4 is 14.8 Å². The normalized spacial score (nSPS) is 13.3. The molecule has 0 aliphatic carbocycles. The van der Waals surface area contributed by atoms with Crippen LogP contribution in [-0.2, 0) is 4.79 Å². The fourth-order valence-electron chi connectivity index (χ4n) is 2.30. The Hall–Kier alpha value is -2.14. The van der Waals surface area contributed by atoms with Crippen LogP contribution in [0.25, 0.3) is 0 Å². The van der Waals surface area contributed by atoms with Crippen LogP contribution in [0, 0.1) is 6.92 Å². The molecule has 0 fully saturated rings. The first-order valence-electron chi connectivity index (χ1n) is 7.60. The fraction of sp³-hybridized carbons (Fsp3) is 0.278. The second kappa shape index (κ2) is 7.42. The Morgan fingerprint density at radius 2 is 1.91 bits per heavy atom. The lowest BCUT2D eigenvalue weighted by atomic mass is 10.2. The minimum absolute atomic E-state index is 0.0345. The van der Waals surface area contributed by atoms with Crippen molar-refractivity contribution < 1.29 is 14.3 Å². The molecule has 3 rings (SSSR count). The highest BCUT2D eigenvalue weighted by molar-refractivity contribution is 8.00. The molecule has 0 atom stereocenters. The summed E-state index contributed by atoms with van der Waals surface area (Å²) < 4.78 is 11.2. The molecule has 1 amide bonds. The summed E-state index contributed by atoms with van der Waals surface area (Å²) in [7, 11) is 0. The molecule has 0 saturated carbocycles. The third-order valence-corrected chi connectivity index (χ3v) is 4.66. The van der Waals surface area contributed by atoms with Crippen molar-refractivity contribution in [2.45, 2.75) is 18.2 Å². The summed E-state index contributed by atoms with van der Waals surface area (Å²) >= 11 is 1.54. The number of ether oxygens (including phenoxy) is 2. The molecule has 1 aliphatic heterocycles. The molecule has 2 aromatic carbocycles. The largest absolute Gasteiger partial charge is 0.490 e. The molecule has 5 heteroatoms. The van der Waals surface area contributed by atoms with E-state index in [1.54, 1.807) is 0 Å². The highest BCUT2D eigenvalue weighted by Gasteiger charge is 2.12. The molecule has 0 aromatic heterocycles. The van der Waals surface area contributed by atoms with Crippen molar-refractivity contribution in [2.24, 2.45) is 0 Å². The Morgan fingerprint density at radius 3 is 2.74 bits per heavy atom. The Balaban J connectivity index is 1.60. The number of carbonyl (C=O) groups is 1. The molecular formula is C18H19NO3S. The molecule has 23 heavy (non-hydrogen) atoms. The third kappa shape index (κ3) is 4.20. The first kappa shape index (κ1) is 15.7. The number of benzene rings is 2. The minimum Gasteiger partial charge on any atom is -0.490 e. The maximum absolute atomic E-state index is 12.1. The van der Waals surface area contributed by atoms with Gasteiger partial charge >= 0.3 is 0 Å². The lowest BCUT2D eigenvalue weighted by molar-refractivity contribution is -0.113. The lowest BCUT2D eigenvalue weighted by Crippen LogP contribution is -2.14. The Morgan fingerprint density at radius 1 is 1.13 bits per heavy atom. The number of thioether (sulfide) groups is 1. The predicted molar refractivity (Wildman–Crippen MR) is 92.6 cm³/mol. The highest BCUT2D eigenvalue weighted by Crippen LogP contribution is 2.32. The molecule has 1 heterocycles. The highest BCUT2D eigenvalue weighted by atomic mass is 32.2. The maximum Gasteiger partial charge on any atom is 0.234 e. The van der Waals surface area contributed by atoms with Crippen molar-refractivity contribution >= 4 is 23.4 Å². The third-order valence-electron chi connectivity index (χ3n) is 3.48. The summed E-state index contributed by atoms with van der Waals surface area (Å²) in [4.78, 5) is 13.3. The number of fused-ring (bicyclic) bond motifs is 1. The summed E-state index contributed by atoms with van der Waals surface area (Å²) in [5.74, 6) is 1.76. The van der Waals surface area contributed by atoms with Crippen molar-refractivity contribution in [2.75, 3.05) is 24.3 Å². The van der Waals surface area contributed by atoms with E-state index in [1.165, 1.54) is 17.3 Å². The zero-order chi connectivity index (χ0) is 16.1. The van der Waals surface area contributed by atoms with Gasteiger partial charge in [0.2, 0.25) is 5.91 Å². The Labute approximate surface area is 140 Å². The molecule has 0 spiro atoms. The zero-order valence-corrected chi connectivity index (χ0v) is 13.8. The first-order valence-corrected chi connectivity index (χ1v) is 8.59. The van der Waals surface area contributed by atoms with E-state index in [9.17, 15) is 4.79 Å². The Kier molecular flexibility index (Phi) is 5.08. The van der Waals surface area contributed by atoms with Gasteiger partial charge < -0.3 is 14.8 Å². The van der Waals surface area contributed by atoms with Crippen molar-refractivity contribution in [3.63, 3.8) is 0 Å². The fourth-order valence-corrected chi connectivity index (χ4v) is 3.13. The molecule has 1 N–H and O–H groups in total. The van der Waals surface area contributed by atoms with Gasteiger partial charge in [-0.25, -0.2) is 0 Å². The topological polar surface area (TPSA) is 47.6 Å². The van der Waals surface area contributed by atoms with Crippen LogP contribution in [0.4, 0.5) is 5.69 Å². The number of nitrogens with one attached hydrogen (secondary N) is 1. The van der Waals surface area contributed by atoms with Crippen LogP contribution in [0.5, 0.6) is 11.5 Å². The summed E-state index contributed by atoms with van der Waals surface area (Å²) in [6.45, 7) is 3.34. The molecule has 120 valence electrons. The van der Waals surface area contributed by atoms with Gasteiger partial charge in [0.1, 0.15) is 0 Å². The van der Waals surface area contributed by atoms with E-state index in [0.717, 1.165) is 22.8 Å². The summed E-state index contributed by atoms with van der Waals surface area (Å²) in [5, 5.41) is 2.91. The maximum atomic E-state index is 12.1. The van der Waals surface area contributed by atoms with Gasteiger partial charge in [-0.1, -0.05) is 18.2 Å². The molecule has 0 saturated heterocycles. The molecule has 4 nitrogen and oxygen atoms in total. The van der Waals surface area contributed by atoms with Gasteiger partial charge in [-0.3, -0.25) is 4.79 Å². The van der Waals surface area contributed by atoms with Crippen LogP contribution in [-0.4, -0.2) is 24.9 Å². The second-order valence-electron chi connectivity index (χ2n) is 5.31. The number of aryl methyl sites for hydroxylation is 1. The summed E-state index contributed by atoms with van der Waals surface area (Å²) in [6.07, 6.45) is 0.865. The summed E-state index contributed by atoms with van der Waals surface area (Å²) in [5.41, 5.74) is 1.91. The van der Waals surface area contributed by atoms with E-state index in [-0.39, 0.29) is 5.91 Å². The van der Waals surface area contributed by atoms with E-state index >= 15 is 0 Å². The number of amides is 1. The van der Waals surface area contributed by atoms with Crippen molar-refractivity contribution in [3.05, 3.63) is 48.0 Å². The SMILES string of the molecule is Cc1ccccc1SCC(=O)Nc1ccc2c(c1)OCCCO2. The first-order chi connectivity index (χ1) is 11.2. The van der Waals surface area contributed by atoms with Gasteiger partial charge in [-0.05, 0) is 30.7 Å². The van der Waals surface area contributed by atoms with Crippen molar-refractivity contribution in [1.82, 2.24) is 0 Å². The van der Waals surface area contributed by atoms with Crippen molar-refractivity contribution in [1.29, 1.82) is 0 Å². The van der Waals surface area contributed by atoms with Crippen LogP contribution in [0.3, 0.4) is 0 Å². The van der Waals surface area contributed by atoms with E-state index in [0.29, 0.717) is 24.7 Å². The van der Waals surface area contributed by atoms with E-state index in [1.807, 2.05) is 49.4 Å². The molecule has 2 aromatic rings. The van der Waals surface area contributed by atoms with Crippen LogP contribution >= 0.6 is 11.8 Å². The number of hydrogen-bond donors (Lipinski definition) is 1. The van der Waals surface area contributed by atoms with Gasteiger partial charge in [-0.15, -0.1) is 11.8 Å². The van der Waals surface area contributed by atoms with Gasteiger partial charge in [0.25, 0.3) is 0 Å². The Bertz CT molecular complexity index is 702. The minimum atomic E-state index is -0.0345. The monoisotopic (exact) mass is 329 g/mol. The van der Waals surface area contributed by atoms with Gasteiger partial charge in [-0.2, -0.15) is 0 Å². The van der Waals surface area contributed by atoms with Gasteiger partial charge in [0.05, 0.1) is 19.0 Å². The van der Waals surface area contributed by atoms with Crippen LogP contribution in [0.2, 0.25) is 0 Å². The van der Waals surface area contributed by atoms with Crippen LogP contribution in [0.15, 0.2) is 47.4 Å². The molecule has 0 unspecified atom stereocenters. The van der Waals surface area contributed by atoms with Crippen molar-refractivity contribution in [3.8, 4) is 11.5 Å². The molecule has 0 bridgehead atoms. The molecular weight excluding hydrogens is 310 g/mol. The quantitative estimate of drug-likeness (QED) is 0.865. The van der Waals surface area contributed by atoms with Gasteiger partial charge in [0, 0.05) is 23.1 Å². The number of carbonyl (C=O) groups excluding carboxylic acids is 1. The van der Waals surface area contributed by atoms with Gasteiger partial charge in [0.15, 0.2) is 11.5 Å². The van der Waals surface area contributed by atoms with Crippen LogP contribution in [0.1, 0.15) is 12.0 Å². The zero-order valence-electron chi connectivity index (χ0n) is 13.0.